The third-order valence-electron chi connectivity index (χ3n) is 4.41. The van der Waals surface area contributed by atoms with Gasteiger partial charge in [0.05, 0.1) is 12.8 Å². The molecule has 4 aromatic rings. The molecule has 0 fully saturated rings. The van der Waals surface area contributed by atoms with Gasteiger partial charge in [-0.05, 0) is 40.3 Å². The van der Waals surface area contributed by atoms with Gasteiger partial charge < -0.3 is 4.42 Å². The Balaban J connectivity index is 1.37. The summed E-state index contributed by atoms with van der Waals surface area (Å²) in [7, 11) is 0. The first-order valence-electron chi connectivity index (χ1n) is 8.92. The van der Waals surface area contributed by atoms with E-state index in [4.69, 9.17) is 4.42 Å². The van der Waals surface area contributed by atoms with Crippen molar-refractivity contribution in [3.63, 3.8) is 0 Å². The van der Waals surface area contributed by atoms with Crippen LogP contribution >= 0.6 is 11.8 Å². The molecule has 0 radical (unpaired) electrons. The van der Waals surface area contributed by atoms with Crippen LogP contribution in [0.15, 0.2) is 76.0 Å². The van der Waals surface area contributed by atoms with Crippen LogP contribution in [0.2, 0.25) is 0 Å². The minimum absolute atomic E-state index is 0.126. The Morgan fingerprint density at radius 2 is 1.71 bits per heavy atom. The SMILES string of the molecule is CSc1ccc(Cc2nnc(NC(=O)Cc3ccc4ccccc4c3)o2)cc1. The maximum Gasteiger partial charge on any atom is 0.322 e. The number of fused-ring (bicyclic) bond motifs is 1. The fourth-order valence-corrected chi connectivity index (χ4v) is 3.40. The van der Waals surface area contributed by atoms with Gasteiger partial charge >= 0.3 is 6.01 Å². The fraction of sp³-hybridized carbons (Fsp3) is 0.136. The quantitative estimate of drug-likeness (QED) is 0.484. The third kappa shape index (κ3) is 4.40. The molecule has 1 N–H and O–H groups in total. The molecule has 5 nitrogen and oxygen atoms in total. The zero-order valence-electron chi connectivity index (χ0n) is 15.4. The fourth-order valence-electron chi connectivity index (χ4n) is 2.99. The number of rotatable bonds is 6. The van der Waals surface area contributed by atoms with Crippen LogP contribution in [-0.4, -0.2) is 22.4 Å². The number of carbonyl (C=O) groups excluding carboxylic acids is 1. The largest absolute Gasteiger partial charge is 0.407 e. The van der Waals surface area contributed by atoms with Gasteiger partial charge in [0.15, 0.2) is 0 Å². The van der Waals surface area contributed by atoms with Crippen molar-refractivity contribution in [3.05, 3.63) is 83.7 Å². The summed E-state index contributed by atoms with van der Waals surface area (Å²) in [5.41, 5.74) is 2.01. The minimum Gasteiger partial charge on any atom is -0.407 e. The summed E-state index contributed by atoms with van der Waals surface area (Å²) < 4.78 is 5.56. The number of aromatic nitrogens is 2. The molecule has 1 amide bonds. The van der Waals surface area contributed by atoms with Gasteiger partial charge in [0, 0.05) is 4.90 Å². The molecule has 0 saturated heterocycles. The Kier molecular flexibility index (Phi) is 5.39. The lowest BCUT2D eigenvalue weighted by molar-refractivity contribution is -0.115. The number of nitrogens with one attached hydrogen (secondary N) is 1. The molecule has 0 spiro atoms. The first kappa shape index (κ1) is 18.3. The van der Waals surface area contributed by atoms with Gasteiger partial charge in [-0.3, -0.25) is 10.1 Å². The van der Waals surface area contributed by atoms with Crippen molar-refractivity contribution in [3.8, 4) is 0 Å². The number of thioether (sulfide) groups is 1. The molecule has 0 aliphatic heterocycles. The predicted octanol–water partition coefficient (Wildman–Crippen LogP) is 4.72. The smallest absolute Gasteiger partial charge is 0.322 e. The van der Waals surface area contributed by atoms with Gasteiger partial charge in [-0.1, -0.05) is 59.7 Å². The van der Waals surface area contributed by atoms with Gasteiger partial charge in [0.25, 0.3) is 0 Å². The Hall–Kier alpha value is -3.12. The van der Waals surface area contributed by atoms with Gasteiger partial charge in [0.1, 0.15) is 0 Å². The van der Waals surface area contributed by atoms with E-state index in [0.29, 0.717) is 12.3 Å². The monoisotopic (exact) mass is 389 g/mol. The van der Waals surface area contributed by atoms with Gasteiger partial charge in [-0.15, -0.1) is 16.9 Å². The summed E-state index contributed by atoms with van der Waals surface area (Å²) in [6.45, 7) is 0. The highest BCUT2D eigenvalue weighted by atomic mass is 32.2. The maximum absolute atomic E-state index is 12.3. The van der Waals surface area contributed by atoms with Gasteiger partial charge in [-0.2, -0.15) is 0 Å². The molecule has 0 aliphatic rings. The number of hydrogen-bond acceptors (Lipinski definition) is 5. The Bertz CT molecular complexity index is 1110. The Morgan fingerprint density at radius 3 is 2.50 bits per heavy atom. The Labute approximate surface area is 167 Å². The van der Waals surface area contributed by atoms with E-state index >= 15 is 0 Å². The van der Waals surface area contributed by atoms with E-state index in [2.05, 4.69) is 27.6 Å². The normalized spacial score (nSPS) is 10.9. The summed E-state index contributed by atoms with van der Waals surface area (Å²) >= 11 is 1.70. The van der Waals surface area contributed by atoms with Gasteiger partial charge in [-0.25, -0.2) is 0 Å². The molecule has 28 heavy (non-hydrogen) atoms. The zero-order chi connectivity index (χ0) is 19.3. The van der Waals surface area contributed by atoms with E-state index in [1.807, 2.05) is 60.9 Å². The number of hydrogen-bond donors (Lipinski definition) is 1. The lowest BCUT2D eigenvalue weighted by atomic mass is 10.1. The van der Waals surface area contributed by atoms with Crippen molar-refractivity contribution in [1.29, 1.82) is 0 Å². The molecule has 0 aliphatic carbocycles. The molecule has 0 bridgehead atoms. The van der Waals surface area contributed by atoms with Crippen LogP contribution in [0.1, 0.15) is 17.0 Å². The molecule has 0 unspecified atom stereocenters. The third-order valence-corrected chi connectivity index (χ3v) is 5.15. The van der Waals surface area contributed by atoms with E-state index in [-0.39, 0.29) is 18.3 Å². The second-order valence-corrected chi connectivity index (χ2v) is 7.31. The highest BCUT2D eigenvalue weighted by Crippen LogP contribution is 2.18. The number of anilines is 1. The molecule has 0 atom stereocenters. The molecule has 4 rings (SSSR count). The van der Waals surface area contributed by atoms with Crippen molar-refractivity contribution in [2.75, 3.05) is 11.6 Å². The van der Waals surface area contributed by atoms with E-state index in [0.717, 1.165) is 21.9 Å². The second-order valence-electron chi connectivity index (χ2n) is 6.43. The van der Waals surface area contributed by atoms with E-state index in [9.17, 15) is 4.79 Å². The van der Waals surface area contributed by atoms with Crippen LogP contribution in [-0.2, 0) is 17.6 Å². The van der Waals surface area contributed by atoms with Crippen molar-refractivity contribution in [2.24, 2.45) is 0 Å². The summed E-state index contributed by atoms with van der Waals surface area (Å²) in [5.74, 6) is 0.285. The van der Waals surface area contributed by atoms with Crippen LogP contribution in [0.4, 0.5) is 6.01 Å². The molecule has 1 aromatic heterocycles. The van der Waals surface area contributed by atoms with E-state index < -0.39 is 0 Å². The van der Waals surface area contributed by atoms with Crippen molar-refractivity contribution in [2.45, 2.75) is 17.7 Å². The van der Waals surface area contributed by atoms with Crippen molar-refractivity contribution in [1.82, 2.24) is 10.2 Å². The van der Waals surface area contributed by atoms with Crippen LogP contribution in [0.5, 0.6) is 0 Å². The molecular formula is C22H19N3O2S. The summed E-state index contributed by atoms with van der Waals surface area (Å²) in [4.78, 5) is 13.5. The molecule has 140 valence electrons. The lowest BCUT2D eigenvalue weighted by Crippen LogP contribution is -2.14. The second kappa shape index (κ2) is 8.27. The summed E-state index contributed by atoms with van der Waals surface area (Å²) in [6, 6.07) is 22.4. The van der Waals surface area contributed by atoms with Crippen LogP contribution in [0, 0.1) is 0 Å². The Morgan fingerprint density at radius 1 is 0.964 bits per heavy atom. The predicted molar refractivity (Wildman–Crippen MR) is 112 cm³/mol. The number of benzene rings is 3. The average molecular weight is 389 g/mol. The minimum atomic E-state index is -0.185. The maximum atomic E-state index is 12.3. The number of carbonyl (C=O) groups is 1. The van der Waals surface area contributed by atoms with Crippen LogP contribution in [0.3, 0.4) is 0 Å². The van der Waals surface area contributed by atoms with Crippen LogP contribution < -0.4 is 5.32 Å². The van der Waals surface area contributed by atoms with Crippen molar-refractivity contribution >= 4 is 34.5 Å². The van der Waals surface area contributed by atoms with Crippen LogP contribution in [0.25, 0.3) is 10.8 Å². The highest BCUT2D eigenvalue weighted by molar-refractivity contribution is 7.98. The molecule has 1 heterocycles. The zero-order valence-corrected chi connectivity index (χ0v) is 16.2. The summed E-state index contributed by atoms with van der Waals surface area (Å²) in [6.07, 6.45) is 2.82. The topological polar surface area (TPSA) is 68.0 Å². The highest BCUT2D eigenvalue weighted by Gasteiger charge is 2.11. The van der Waals surface area contributed by atoms with Gasteiger partial charge in [0.2, 0.25) is 11.8 Å². The molecule has 3 aromatic carbocycles. The summed E-state index contributed by atoms with van der Waals surface area (Å²) in [5, 5.41) is 12.9. The van der Waals surface area contributed by atoms with E-state index in [1.165, 1.54) is 4.90 Å². The molecular weight excluding hydrogens is 370 g/mol. The molecule has 0 saturated carbocycles. The lowest BCUT2D eigenvalue weighted by Gasteiger charge is -2.03. The first-order valence-corrected chi connectivity index (χ1v) is 10.1. The standard InChI is InChI=1S/C22H19N3O2S/c1-28-19-10-7-15(8-11-19)14-21-24-25-22(27-21)23-20(26)13-16-6-9-17-4-2-3-5-18(17)12-16/h2-12H,13-14H2,1H3,(H,23,25,26). The van der Waals surface area contributed by atoms with E-state index in [1.54, 1.807) is 11.8 Å². The van der Waals surface area contributed by atoms with Crippen molar-refractivity contribution < 1.29 is 9.21 Å². The average Bonchev–Trinajstić information content (AvgIpc) is 3.15. The number of amides is 1. The molecule has 6 heteroatoms. The first-order chi connectivity index (χ1) is 13.7. The number of nitrogens with zero attached hydrogens (tertiary/aromatic N) is 2.